The smallest absolute Gasteiger partial charge is 0.225 e. The van der Waals surface area contributed by atoms with Crippen LogP contribution < -0.4 is 10.2 Å². The summed E-state index contributed by atoms with van der Waals surface area (Å²) in [6.45, 7) is 3.88. The standard InChI is InChI=1S/C23H29ClN4O/c1-16-5-2-3-7-20(16)25-23(29)18-6-4-14-28(15-18)22-13-12-21(26-27-22)17-8-10-19(24)11-9-17/h8-13,16,18,20H,2-7,14-15H2,1H3,(H,25,29). The molecule has 2 aliphatic rings. The number of piperidine rings is 1. The molecule has 1 aromatic carbocycles. The molecule has 4 rings (SSSR count). The van der Waals surface area contributed by atoms with Gasteiger partial charge in [0.25, 0.3) is 0 Å². The molecule has 5 nitrogen and oxygen atoms in total. The van der Waals surface area contributed by atoms with Crippen molar-refractivity contribution in [3.8, 4) is 11.3 Å². The van der Waals surface area contributed by atoms with Crippen LogP contribution in [0, 0.1) is 11.8 Å². The van der Waals surface area contributed by atoms with Gasteiger partial charge in [-0.15, -0.1) is 10.2 Å². The third-order valence-corrected chi connectivity index (χ3v) is 6.60. The van der Waals surface area contributed by atoms with Gasteiger partial charge in [0.05, 0.1) is 11.6 Å². The van der Waals surface area contributed by atoms with Gasteiger partial charge < -0.3 is 10.2 Å². The van der Waals surface area contributed by atoms with E-state index in [1.54, 1.807) is 0 Å². The first-order valence-corrected chi connectivity index (χ1v) is 11.1. The number of carbonyl (C=O) groups is 1. The number of nitrogens with one attached hydrogen (secondary N) is 1. The number of amides is 1. The highest BCUT2D eigenvalue weighted by molar-refractivity contribution is 6.30. The lowest BCUT2D eigenvalue weighted by molar-refractivity contribution is -0.126. The Morgan fingerprint density at radius 3 is 2.55 bits per heavy atom. The third-order valence-electron chi connectivity index (χ3n) is 6.35. The van der Waals surface area contributed by atoms with Crippen molar-refractivity contribution in [2.75, 3.05) is 18.0 Å². The molecule has 0 bridgehead atoms. The quantitative estimate of drug-likeness (QED) is 0.790. The zero-order chi connectivity index (χ0) is 20.2. The Hall–Kier alpha value is -2.14. The maximum absolute atomic E-state index is 12.9. The zero-order valence-electron chi connectivity index (χ0n) is 17.0. The molecule has 0 spiro atoms. The minimum Gasteiger partial charge on any atom is -0.354 e. The molecule has 29 heavy (non-hydrogen) atoms. The molecule has 1 aliphatic carbocycles. The first-order chi connectivity index (χ1) is 14.1. The predicted molar refractivity (Wildman–Crippen MR) is 117 cm³/mol. The fraction of sp³-hybridized carbons (Fsp3) is 0.522. The van der Waals surface area contributed by atoms with Crippen molar-refractivity contribution in [2.24, 2.45) is 11.8 Å². The van der Waals surface area contributed by atoms with Crippen LogP contribution in [0.1, 0.15) is 45.4 Å². The van der Waals surface area contributed by atoms with E-state index in [9.17, 15) is 4.79 Å². The van der Waals surface area contributed by atoms with Crippen LogP contribution in [0.2, 0.25) is 5.02 Å². The van der Waals surface area contributed by atoms with Gasteiger partial charge in [0.2, 0.25) is 5.91 Å². The van der Waals surface area contributed by atoms with Crippen LogP contribution >= 0.6 is 11.6 Å². The first-order valence-electron chi connectivity index (χ1n) is 10.7. The Kier molecular flexibility index (Phi) is 6.34. The second-order valence-electron chi connectivity index (χ2n) is 8.45. The number of carbonyl (C=O) groups excluding carboxylic acids is 1. The van der Waals surface area contributed by atoms with Crippen LogP contribution in [0.5, 0.6) is 0 Å². The van der Waals surface area contributed by atoms with E-state index in [-0.39, 0.29) is 11.8 Å². The van der Waals surface area contributed by atoms with Crippen molar-refractivity contribution in [1.29, 1.82) is 0 Å². The molecule has 6 heteroatoms. The van der Waals surface area contributed by atoms with Gasteiger partial charge in [-0.1, -0.05) is 43.5 Å². The second-order valence-corrected chi connectivity index (χ2v) is 8.88. The number of nitrogens with zero attached hydrogens (tertiary/aromatic N) is 3. The van der Waals surface area contributed by atoms with E-state index in [1.807, 2.05) is 36.4 Å². The molecule has 1 saturated carbocycles. The summed E-state index contributed by atoms with van der Waals surface area (Å²) in [5, 5.41) is 12.9. The highest BCUT2D eigenvalue weighted by Gasteiger charge is 2.30. The maximum atomic E-state index is 12.9. The van der Waals surface area contributed by atoms with Crippen molar-refractivity contribution >= 4 is 23.3 Å². The Balaban J connectivity index is 1.38. The summed E-state index contributed by atoms with van der Waals surface area (Å²) < 4.78 is 0. The minimum atomic E-state index is 0.0237. The van der Waals surface area contributed by atoms with Crippen LogP contribution in [0.25, 0.3) is 11.3 Å². The summed E-state index contributed by atoms with van der Waals surface area (Å²) in [7, 11) is 0. The summed E-state index contributed by atoms with van der Waals surface area (Å²) in [5.74, 6) is 1.65. The summed E-state index contributed by atoms with van der Waals surface area (Å²) >= 11 is 5.96. The number of benzene rings is 1. The van der Waals surface area contributed by atoms with Gasteiger partial charge in [-0.05, 0) is 55.9 Å². The molecule has 154 valence electrons. The average molecular weight is 413 g/mol. The van der Waals surface area contributed by atoms with Gasteiger partial charge in [0.1, 0.15) is 0 Å². The fourth-order valence-corrected chi connectivity index (χ4v) is 4.62. The van der Waals surface area contributed by atoms with E-state index in [0.29, 0.717) is 23.5 Å². The van der Waals surface area contributed by atoms with E-state index in [0.717, 1.165) is 42.9 Å². The molecule has 2 heterocycles. The third kappa shape index (κ3) is 4.89. The summed E-state index contributed by atoms with van der Waals surface area (Å²) in [6.07, 6.45) is 6.79. The number of hydrogen-bond acceptors (Lipinski definition) is 4. The molecule has 2 aromatic rings. The molecule has 1 N–H and O–H groups in total. The van der Waals surface area contributed by atoms with Crippen molar-refractivity contribution in [3.63, 3.8) is 0 Å². The molecule has 0 radical (unpaired) electrons. The van der Waals surface area contributed by atoms with Crippen molar-refractivity contribution < 1.29 is 4.79 Å². The van der Waals surface area contributed by atoms with Crippen molar-refractivity contribution in [1.82, 2.24) is 15.5 Å². The molecular weight excluding hydrogens is 384 g/mol. The fourth-order valence-electron chi connectivity index (χ4n) is 4.50. The maximum Gasteiger partial charge on any atom is 0.225 e. The Morgan fingerprint density at radius 1 is 1.03 bits per heavy atom. The van der Waals surface area contributed by atoms with E-state index in [2.05, 4.69) is 27.3 Å². The van der Waals surface area contributed by atoms with E-state index >= 15 is 0 Å². The lowest BCUT2D eigenvalue weighted by Gasteiger charge is -2.35. The molecule has 1 saturated heterocycles. The number of anilines is 1. The molecule has 1 aromatic heterocycles. The first kappa shape index (κ1) is 20.1. The second kappa shape index (κ2) is 9.12. The molecule has 1 aliphatic heterocycles. The van der Waals surface area contributed by atoms with Gasteiger partial charge >= 0.3 is 0 Å². The lowest BCUT2D eigenvalue weighted by atomic mass is 9.85. The molecule has 1 amide bonds. The predicted octanol–water partition coefficient (Wildman–Crippen LogP) is 4.71. The van der Waals surface area contributed by atoms with Gasteiger partial charge in [-0.25, -0.2) is 0 Å². The molecule has 3 atom stereocenters. The average Bonchev–Trinajstić information content (AvgIpc) is 2.76. The monoisotopic (exact) mass is 412 g/mol. The van der Waals surface area contributed by atoms with Crippen molar-refractivity contribution in [2.45, 2.75) is 51.5 Å². The van der Waals surface area contributed by atoms with Gasteiger partial charge in [-0.3, -0.25) is 4.79 Å². The van der Waals surface area contributed by atoms with Crippen LogP contribution in [-0.4, -0.2) is 35.2 Å². The Labute approximate surface area is 177 Å². The number of aromatic nitrogens is 2. The number of hydrogen-bond donors (Lipinski definition) is 1. The SMILES string of the molecule is CC1CCCCC1NC(=O)C1CCCN(c2ccc(-c3ccc(Cl)cc3)nn2)C1. The minimum absolute atomic E-state index is 0.0237. The van der Waals surface area contributed by atoms with Crippen LogP contribution in [0.4, 0.5) is 5.82 Å². The molecule has 2 fully saturated rings. The Bertz CT molecular complexity index is 824. The lowest BCUT2D eigenvalue weighted by Crippen LogP contribution is -2.48. The normalized spacial score (nSPS) is 24.9. The van der Waals surface area contributed by atoms with Crippen LogP contribution in [0.15, 0.2) is 36.4 Å². The summed E-state index contributed by atoms with van der Waals surface area (Å²) in [4.78, 5) is 15.1. The van der Waals surface area contributed by atoms with Gasteiger partial charge in [-0.2, -0.15) is 0 Å². The van der Waals surface area contributed by atoms with Crippen molar-refractivity contribution in [3.05, 3.63) is 41.4 Å². The van der Waals surface area contributed by atoms with Crippen LogP contribution in [0.3, 0.4) is 0 Å². The Morgan fingerprint density at radius 2 is 1.83 bits per heavy atom. The zero-order valence-corrected chi connectivity index (χ0v) is 17.7. The van der Waals surface area contributed by atoms with E-state index < -0.39 is 0 Å². The topological polar surface area (TPSA) is 58.1 Å². The number of halogens is 1. The van der Waals surface area contributed by atoms with E-state index in [4.69, 9.17) is 11.6 Å². The van der Waals surface area contributed by atoms with E-state index in [1.165, 1.54) is 19.3 Å². The summed E-state index contributed by atoms with van der Waals surface area (Å²) in [6, 6.07) is 11.9. The highest BCUT2D eigenvalue weighted by atomic mass is 35.5. The molecule has 3 unspecified atom stereocenters. The van der Waals surface area contributed by atoms with Crippen LogP contribution in [-0.2, 0) is 4.79 Å². The number of rotatable bonds is 4. The summed E-state index contributed by atoms with van der Waals surface area (Å²) in [5.41, 5.74) is 1.81. The molecular formula is C23H29ClN4O. The highest BCUT2D eigenvalue weighted by Crippen LogP contribution is 2.27. The van der Waals surface area contributed by atoms with Gasteiger partial charge in [0.15, 0.2) is 5.82 Å². The largest absolute Gasteiger partial charge is 0.354 e. The van der Waals surface area contributed by atoms with Gasteiger partial charge in [0, 0.05) is 29.7 Å².